The Morgan fingerprint density at radius 3 is 3.10 bits per heavy atom. The first-order chi connectivity index (χ1) is 9.74. The van der Waals surface area contributed by atoms with Gasteiger partial charge in [0.1, 0.15) is 5.76 Å². The monoisotopic (exact) mass is 295 g/mol. The topological polar surface area (TPSA) is 34.4 Å². The van der Waals surface area contributed by atoms with Gasteiger partial charge in [0.2, 0.25) is 0 Å². The Morgan fingerprint density at radius 2 is 2.45 bits per heavy atom. The smallest absolute Gasteiger partial charge is 0.123 e. The van der Waals surface area contributed by atoms with Gasteiger partial charge in [-0.2, -0.15) is 11.8 Å². The van der Waals surface area contributed by atoms with E-state index < -0.39 is 0 Å². The molecule has 2 fully saturated rings. The van der Waals surface area contributed by atoms with Crippen LogP contribution in [-0.4, -0.2) is 30.3 Å². The molecule has 4 heteroatoms. The van der Waals surface area contributed by atoms with Gasteiger partial charge in [0.15, 0.2) is 0 Å². The molecule has 0 saturated carbocycles. The van der Waals surface area contributed by atoms with Crippen LogP contribution in [0.1, 0.15) is 43.6 Å². The van der Waals surface area contributed by atoms with Crippen molar-refractivity contribution in [3.05, 3.63) is 23.7 Å². The predicted molar refractivity (Wildman–Crippen MR) is 83.2 cm³/mol. The van der Waals surface area contributed by atoms with Gasteiger partial charge in [-0.3, -0.25) is 0 Å². The fourth-order valence-electron chi connectivity index (χ4n) is 3.61. The Labute approximate surface area is 125 Å². The third kappa shape index (κ3) is 2.78. The average Bonchev–Trinajstić information content (AvgIpc) is 3.06. The van der Waals surface area contributed by atoms with E-state index in [9.17, 15) is 0 Å². The molecule has 0 amide bonds. The van der Waals surface area contributed by atoms with Gasteiger partial charge in [-0.05, 0) is 56.0 Å². The third-order valence-corrected chi connectivity index (χ3v) is 5.90. The van der Waals surface area contributed by atoms with E-state index in [1.54, 1.807) is 0 Å². The number of furan rings is 1. The average molecular weight is 295 g/mol. The van der Waals surface area contributed by atoms with Crippen molar-refractivity contribution in [2.75, 3.05) is 24.7 Å². The summed E-state index contributed by atoms with van der Waals surface area (Å²) >= 11 is 2.04. The van der Waals surface area contributed by atoms with Crippen molar-refractivity contribution in [2.45, 2.75) is 44.8 Å². The molecule has 0 bridgehead atoms. The molecule has 0 aliphatic carbocycles. The van der Waals surface area contributed by atoms with E-state index >= 15 is 0 Å². The highest BCUT2D eigenvalue weighted by Gasteiger charge is 2.43. The second kappa shape index (κ2) is 6.12. The van der Waals surface area contributed by atoms with Gasteiger partial charge in [0.25, 0.3) is 0 Å². The Hall–Kier alpha value is -0.450. The SMILES string of the molecule is CCNC(c1occc1C)C1CCOC2(CCSC2)C1. The van der Waals surface area contributed by atoms with Gasteiger partial charge in [-0.1, -0.05) is 6.92 Å². The maximum Gasteiger partial charge on any atom is 0.123 e. The number of hydrogen-bond donors (Lipinski definition) is 1. The predicted octanol–water partition coefficient (Wildman–Crippen LogP) is 3.54. The molecule has 3 rings (SSSR count). The number of rotatable bonds is 4. The number of nitrogens with one attached hydrogen (secondary N) is 1. The lowest BCUT2D eigenvalue weighted by molar-refractivity contribution is -0.0864. The summed E-state index contributed by atoms with van der Waals surface area (Å²) in [7, 11) is 0. The molecular weight excluding hydrogens is 270 g/mol. The van der Waals surface area contributed by atoms with Crippen molar-refractivity contribution in [2.24, 2.45) is 5.92 Å². The van der Waals surface area contributed by atoms with Crippen molar-refractivity contribution < 1.29 is 9.15 Å². The molecule has 1 aromatic heterocycles. The molecular formula is C16H25NO2S. The van der Waals surface area contributed by atoms with Crippen molar-refractivity contribution in [3.63, 3.8) is 0 Å². The molecule has 1 aromatic rings. The Morgan fingerprint density at radius 1 is 1.55 bits per heavy atom. The summed E-state index contributed by atoms with van der Waals surface area (Å²) in [6, 6.07) is 2.40. The summed E-state index contributed by atoms with van der Waals surface area (Å²) < 4.78 is 11.9. The summed E-state index contributed by atoms with van der Waals surface area (Å²) in [5.74, 6) is 4.16. The highest BCUT2D eigenvalue weighted by atomic mass is 32.2. The van der Waals surface area contributed by atoms with Crippen LogP contribution in [0.4, 0.5) is 0 Å². The fraction of sp³-hybridized carbons (Fsp3) is 0.750. The number of ether oxygens (including phenoxy) is 1. The fourth-order valence-corrected chi connectivity index (χ4v) is 4.99. The van der Waals surface area contributed by atoms with Gasteiger partial charge in [0.05, 0.1) is 17.9 Å². The van der Waals surface area contributed by atoms with Gasteiger partial charge in [-0.15, -0.1) is 0 Å². The number of aryl methyl sites for hydroxylation is 1. The van der Waals surface area contributed by atoms with E-state index in [1.807, 2.05) is 18.0 Å². The highest BCUT2D eigenvalue weighted by Crippen LogP contribution is 2.44. The minimum atomic E-state index is 0.141. The van der Waals surface area contributed by atoms with Crippen LogP contribution >= 0.6 is 11.8 Å². The molecule has 3 unspecified atom stereocenters. The van der Waals surface area contributed by atoms with E-state index in [-0.39, 0.29) is 5.60 Å². The van der Waals surface area contributed by atoms with Crippen molar-refractivity contribution in [3.8, 4) is 0 Å². The van der Waals surface area contributed by atoms with Crippen LogP contribution in [-0.2, 0) is 4.74 Å². The van der Waals surface area contributed by atoms with Crippen LogP contribution in [0, 0.1) is 12.8 Å². The highest BCUT2D eigenvalue weighted by molar-refractivity contribution is 7.99. The van der Waals surface area contributed by atoms with Gasteiger partial charge >= 0.3 is 0 Å². The van der Waals surface area contributed by atoms with E-state index in [0.29, 0.717) is 12.0 Å². The molecule has 2 aliphatic rings. The Kier molecular flexibility index (Phi) is 4.43. The molecule has 20 heavy (non-hydrogen) atoms. The van der Waals surface area contributed by atoms with Crippen LogP contribution in [0.25, 0.3) is 0 Å². The molecule has 1 N–H and O–H groups in total. The first kappa shape index (κ1) is 14.5. The molecule has 0 radical (unpaired) electrons. The van der Waals surface area contributed by atoms with Gasteiger partial charge in [-0.25, -0.2) is 0 Å². The van der Waals surface area contributed by atoms with Crippen molar-refractivity contribution >= 4 is 11.8 Å². The number of thioether (sulfide) groups is 1. The molecule has 2 aliphatic heterocycles. The molecule has 3 nitrogen and oxygen atoms in total. The quantitative estimate of drug-likeness (QED) is 0.921. The maximum atomic E-state index is 6.15. The third-order valence-electron chi connectivity index (χ3n) is 4.68. The Balaban J connectivity index is 1.79. The largest absolute Gasteiger partial charge is 0.467 e. The number of hydrogen-bond acceptors (Lipinski definition) is 4. The summed E-state index contributed by atoms with van der Waals surface area (Å²) in [5, 5.41) is 3.65. The van der Waals surface area contributed by atoms with E-state index in [4.69, 9.17) is 9.15 Å². The Bertz CT molecular complexity index is 439. The zero-order chi connectivity index (χ0) is 14.0. The maximum absolute atomic E-state index is 6.15. The summed E-state index contributed by atoms with van der Waals surface area (Å²) in [6.45, 7) is 6.19. The van der Waals surface area contributed by atoms with Crippen LogP contribution in [0.3, 0.4) is 0 Å². The lowest BCUT2D eigenvalue weighted by atomic mass is 9.80. The van der Waals surface area contributed by atoms with Crippen LogP contribution < -0.4 is 5.32 Å². The second-order valence-electron chi connectivity index (χ2n) is 6.09. The zero-order valence-electron chi connectivity index (χ0n) is 12.5. The molecule has 3 atom stereocenters. The van der Waals surface area contributed by atoms with Crippen LogP contribution in [0.2, 0.25) is 0 Å². The molecule has 2 saturated heterocycles. The normalized spacial score (nSPS) is 31.8. The van der Waals surface area contributed by atoms with E-state index in [2.05, 4.69) is 25.2 Å². The van der Waals surface area contributed by atoms with Crippen LogP contribution in [0.5, 0.6) is 0 Å². The van der Waals surface area contributed by atoms with E-state index in [0.717, 1.165) is 31.8 Å². The minimum Gasteiger partial charge on any atom is -0.467 e. The lowest BCUT2D eigenvalue weighted by Gasteiger charge is -2.40. The standard InChI is InChI=1S/C16H25NO2S/c1-3-17-14(15-12(2)4-7-18-15)13-5-8-19-16(10-13)6-9-20-11-16/h4,7,13-14,17H,3,5-6,8-11H2,1-2H3. The first-order valence-corrected chi connectivity index (χ1v) is 8.89. The zero-order valence-corrected chi connectivity index (χ0v) is 13.3. The summed E-state index contributed by atoms with van der Waals surface area (Å²) in [6.07, 6.45) is 5.32. The lowest BCUT2D eigenvalue weighted by Crippen LogP contribution is -2.43. The minimum absolute atomic E-state index is 0.141. The summed E-state index contributed by atoms with van der Waals surface area (Å²) in [5.41, 5.74) is 1.40. The van der Waals surface area contributed by atoms with Gasteiger partial charge in [0, 0.05) is 12.4 Å². The molecule has 112 valence electrons. The molecule has 0 aromatic carbocycles. The molecule has 3 heterocycles. The first-order valence-electron chi connectivity index (χ1n) is 7.73. The summed E-state index contributed by atoms with van der Waals surface area (Å²) in [4.78, 5) is 0. The van der Waals surface area contributed by atoms with E-state index in [1.165, 1.54) is 23.5 Å². The van der Waals surface area contributed by atoms with Gasteiger partial charge < -0.3 is 14.5 Å². The van der Waals surface area contributed by atoms with Crippen LogP contribution in [0.15, 0.2) is 16.7 Å². The molecule has 1 spiro atoms. The second-order valence-corrected chi connectivity index (χ2v) is 7.20. The van der Waals surface area contributed by atoms with Crippen molar-refractivity contribution in [1.82, 2.24) is 5.32 Å². The van der Waals surface area contributed by atoms with Crippen molar-refractivity contribution in [1.29, 1.82) is 0 Å².